The van der Waals surface area contributed by atoms with E-state index in [1.807, 2.05) is 23.9 Å². The average molecular weight is 318 g/mol. The number of benzene rings is 2. The predicted octanol–water partition coefficient (Wildman–Crippen LogP) is 5.81. The van der Waals surface area contributed by atoms with E-state index in [1.165, 1.54) is 16.1 Å². The number of rotatable bonds is 5. The van der Waals surface area contributed by atoms with E-state index in [0.29, 0.717) is 12.0 Å². The Morgan fingerprint density at radius 2 is 1.81 bits per heavy atom. The van der Waals surface area contributed by atoms with Crippen LogP contribution >= 0.6 is 23.4 Å². The number of anilines is 1. The molecule has 21 heavy (non-hydrogen) atoms. The first kappa shape index (κ1) is 14.8. The average Bonchev–Trinajstić information content (AvgIpc) is 2.45. The van der Waals surface area contributed by atoms with Crippen LogP contribution in [0.3, 0.4) is 0 Å². The molecule has 1 N–H and O–H groups in total. The molecule has 1 nitrogen and oxygen atoms in total. The van der Waals surface area contributed by atoms with Crippen molar-refractivity contribution in [3.05, 3.63) is 59.1 Å². The molecule has 1 saturated carbocycles. The minimum absolute atomic E-state index is 0.560. The van der Waals surface area contributed by atoms with Gasteiger partial charge in [-0.3, -0.25) is 0 Å². The molecule has 2 aromatic carbocycles. The molecular formula is C18H20ClNS. The van der Waals surface area contributed by atoms with Crippen molar-refractivity contribution in [2.75, 3.05) is 11.1 Å². The third kappa shape index (κ3) is 3.38. The summed E-state index contributed by atoms with van der Waals surface area (Å²) in [5.74, 6) is 1.70. The Morgan fingerprint density at radius 1 is 1.10 bits per heavy atom. The van der Waals surface area contributed by atoms with Gasteiger partial charge in [-0.15, -0.1) is 11.8 Å². The van der Waals surface area contributed by atoms with Crippen molar-refractivity contribution in [1.29, 1.82) is 0 Å². The Morgan fingerprint density at radius 3 is 2.57 bits per heavy atom. The number of nitrogens with one attached hydrogen (secondary N) is 1. The molecule has 0 amide bonds. The zero-order valence-electron chi connectivity index (χ0n) is 12.2. The molecule has 3 heteroatoms. The molecule has 0 spiro atoms. The monoisotopic (exact) mass is 317 g/mol. The fourth-order valence-corrected chi connectivity index (χ4v) is 3.94. The molecule has 0 aliphatic heterocycles. The van der Waals surface area contributed by atoms with Gasteiger partial charge in [0, 0.05) is 21.6 Å². The van der Waals surface area contributed by atoms with Crippen LogP contribution in [0.1, 0.15) is 31.2 Å². The second kappa shape index (κ2) is 6.76. The molecule has 1 aliphatic rings. The normalized spacial score (nSPS) is 20.9. The quantitative estimate of drug-likeness (QED) is 0.698. The largest absolute Gasteiger partial charge is 0.381 e. The van der Waals surface area contributed by atoms with Crippen LogP contribution in [0.25, 0.3) is 0 Å². The predicted molar refractivity (Wildman–Crippen MR) is 93.7 cm³/mol. The topological polar surface area (TPSA) is 12.0 Å². The van der Waals surface area contributed by atoms with Crippen LogP contribution in [-0.2, 0) is 0 Å². The van der Waals surface area contributed by atoms with Gasteiger partial charge >= 0.3 is 0 Å². The Bertz CT molecular complexity index is 608. The van der Waals surface area contributed by atoms with E-state index in [1.54, 1.807) is 0 Å². The van der Waals surface area contributed by atoms with Gasteiger partial charge < -0.3 is 5.32 Å². The van der Waals surface area contributed by atoms with Crippen molar-refractivity contribution < 1.29 is 0 Å². The molecule has 2 aromatic rings. The highest BCUT2D eigenvalue weighted by molar-refractivity contribution is 7.99. The molecule has 0 saturated heterocycles. The fraction of sp³-hybridized carbons (Fsp3) is 0.333. The summed E-state index contributed by atoms with van der Waals surface area (Å²) in [6.45, 7) is 2.19. The number of hydrogen-bond donors (Lipinski definition) is 1. The van der Waals surface area contributed by atoms with Gasteiger partial charge in [0.1, 0.15) is 0 Å². The zero-order chi connectivity index (χ0) is 14.7. The second-order valence-corrected chi connectivity index (χ2v) is 7.17. The lowest BCUT2D eigenvalue weighted by atomic mass is 9.76. The highest BCUT2D eigenvalue weighted by Gasteiger charge is 2.31. The Hall–Kier alpha value is -1.12. The smallest absolute Gasteiger partial charge is 0.0480 e. The highest BCUT2D eigenvalue weighted by Crippen LogP contribution is 2.42. The Balaban J connectivity index is 1.62. The summed E-state index contributed by atoms with van der Waals surface area (Å²) in [6, 6.07) is 17.4. The summed E-state index contributed by atoms with van der Waals surface area (Å²) in [7, 11) is 0. The van der Waals surface area contributed by atoms with E-state index in [2.05, 4.69) is 48.6 Å². The molecule has 3 rings (SSSR count). The van der Waals surface area contributed by atoms with Crippen LogP contribution in [0.5, 0.6) is 0 Å². The summed E-state index contributed by atoms with van der Waals surface area (Å²) in [4.78, 5) is 1.35. The van der Waals surface area contributed by atoms with Gasteiger partial charge in [0.2, 0.25) is 0 Å². The number of para-hydroxylation sites is 1. The SMILES string of the molecule is CCSc1ccccc1NC1CC(c2ccccc2Cl)C1. The standard InChI is InChI=1S/C18H20ClNS/c1-2-21-18-10-6-5-9-17(18)20-14-11-13(12-14)15-7-3-4-8-16(15)19/h3-10,13-14,20H,2,11-12H2,1H3. The molecule has 0 bridgehead atoms. The molecule has 0 unspecified atom stereocenters. The van der Waals surface area contributed by atoms with Crippen LogP contribution in [0, 0.1) is 0 Å². The Labute approximate surface area is 136 Å². The number of halogens is 1. The van der Waals surface area contributed by atoms with E-state index in [-0.39, 0.29) is 0 Å². The molecular weight excluding hydrogens is 298 g/mol. The van der Waals surface area contributed by atoms with Crippen LogP contribution in [0.2, 0.25) is 5.02 Å². The molecule has 110 valence electrons. The third-order valence-corrected chi connectivity index (χ3v) is 5.33. The van der Waals surface area contributed by atoms with Crippen molar-refractivity contribution in [2.45, 2.75) is 36.6 Å². The summed E-state index contributed by atoms with van der Waals surface area (Å²) in [5.41, 5.74) is 2.57. The van der Waals surface area contributed by atoms with Gasteiger partial charge in [0.25, 0.3) is 0 Å². The number of hydrogen-bond acceptors (Lipinski definition) is 2. The van der Waals surface area contributed by atoms with Gasteiger partial charge in [0.05, 0.1) is 0 Å². The lowest BCUT2D eigenvalue weighted by Crippen LogP contribution is -2.34. The van der Waals surface area contributed by atoms with Crippen molar-refractivity contribution in [3.8, 4) is 0 Å². The minimum atomic E-state index is 0.560. The fourth-order valence-electron chi connectivity index (χ4n) is 2.88. The maximum atomic E-state index is 6.28. The van der Waals surface area contributed by atoms with Crippen molar-refractivity contribution in [3.63, 3.8) is 0 Å². The molecule has 1 fully saturated rings. The molecule has 0 atom stereocenters. The molecule has 0 radical (unpaired) electrons. The number of thioether (sulfide) groups is 1. The van der Waals surface area contributed by atoms with Gasteiger partial charge in [0.15, 0.2) is 0 Å². The van der Waals surface area contributed by atoms with Crippen molar-refractivity contribution in [2.24, 2.45) is 0 Å². The highest BCUT2D eigenvalue weighted by atomic mass is 35.5. The zero-order valence-corrected chi connectivity index (χ0v) is 13.8. The van der Waals surface area contributed by atoms with E-state index >= 15 is 0 Å². The van der Waals surface area contributed by atoms with E-state index in [4.69, 9.17) is 11.6 Å². The first-order valence-corrected chi connectivity index (χ1v) is 8.87. The van der Waals surface area contributed by atoms with Crippen molar-refractivity contribution >= 4 is 29.1 Å². The summed E-state index contributed by atoms with van der Waals surface area (Å²) >= 11 is 8.18. The van der Waals surface area contributed by atoms with Crippen molar-refractivity contribution in [1.82, 2.24) is 0 Å². The van der Waals surface area contributed by atoms with E-state index in [9.17, 15) is 0 Å². The van der Waals surface area contributed by atoms with Gasteiger partial charge in [-0.25, -0.2) is 0 Å². The maximum Gasteiger partial charge on any atom is 0.0480 e. The minimum Gasteiger partial charge on any atom is -0.381 e. The first-order chi connectivity index (χ1) is 10.3. The van der Waals surface area contributed by atoms with Gasteiger partial charge in [-0.1, -0.05) is 48.9 Å². The molecule has 1 aliphatic carbocycles. The summed E-state index contributed by atoms with van der Waals surface area (Å²) in [5, 5.41) is 4.59. The van der Waals surface area contributed by atoms with Crippen LogP contribution in [0.15, 0.2) is 53.4 Å². The first-order valence-electron chi connectivity index (χ1n) is 7.50. The summed E-state index contributed by atoms with van der Waals surface area (Å²) in [6.07, 6.45) is 2.32. The van der Waals surface area contributed by atoms with Crippen LogP contribution in [0.4, 0.5) is 5.69 Å². The van der Waals surface area contributed by atoms with Gasteiger partial charge in [-0.2, -0.15) is 0 Å². The lowest BCUT2D eigenvalue weighted by molar-refractivity contribution is 0.374. The molecule has 0 heterocycles. The van der Waals surface area contributed by atoms with E-state index < -0.39 is 0 Å². The van der Waals surface area contributed by atoms with Crippen LogP contribution < -0.4 is 5.32 Å². The second-order valence-electron chi connectivity index (χ2n) is 5.46. The van der Waals surface area contributed by atoms with Crippen LogP contribution in [-0.4, -0.2) is 11.8 Å². The third-order valence-electron chi connectivity index (χ3n) is 4.03. The molecule has 0 aromatic heterocycles. The Kier molecular flexibility index (Phi) is 4.77. The summed E-state index contributed by atoms with van der Waals surface area (Å²) < 4.78 is 0. The maximum absolute atomic E-state index is 6.28. The van der Waals surface area contributed by atoms with E-state index in [0.717, 1.165) is 23.6 Å². The van der Waals surface area contributed by atoms with Gasteiger partial charge in [-0.05, 0) is 48.3 Å². The lowest BCUT2D eigenvalue weighted by Gasteiger charge is -2.37.